The average molecular weight is 458 g/mol. The third kappa shape index (κ3) is 5.27. The van der Waals surface area contributed by atoms with Gasteiger partial charge >= 0.3 is 13.7 Å². The molecule has 0 saturated heterocycles. The normalized spacial score (nSPS) is 18.7. The second-order valence-electron chi connectivity index (χ2n) is 6.98. The van der Waals surface area contributed by atoms with E-state index in [4.69, 9.17) is 9.26 Å². The maximum Gasteiger partial charge on any atom is 0.391 e. The molecule has 11 heteroatoms. The molecule has 1 aliphatic rings. The SMILES string of the molecule is COc1ccc(P(=O)(OCCC(F)(F)F)N2Cc3ccccc3CC2C(=O)NO)cc1. The van der Waals surface area contributed by atoms with E-state index in [-0.39, 0.29) is 18.3 Å². The molecule has 0 aromatic heterocycles. The lowest BCUT2D eigenvalue weighted by Gasteiger charge is -2.39. The van der Waals surface area contributed by atoms with Crippen LogP contribution >= 0.6 is 7.52 Å². The maximum atomic E-state index is 14.1. The molecular weight excluding hydrogens is 436 g/mol. The van der Waals surface area contributed by atoms with E-state index in [0.717, 1.165) is 11.1 Å². The maximum absolute atomic E-state index is 14.1. The molecule has 0 bridgehead atoms. The molecule has 1 aliphatic heterocycles. The zero-order valence-corrected chi connectivity index (χ0v) is 17.5. The average Bonchev–Trinajstić information content (AvgIpc) is 2.76. The molecule has 2 aromatic rings. The molecule has 0 aliphatic carbocycles. The smallest absolute Gasteiger partial charge is 0.391 e. The minimum Gasteiger partial charge on any atom is -0.497 e. The molecule has 2 aromatic carbocycles. The van der Waals surface area contributed by atoms with E-state index in [1.807, 2.05) is 0 Å². The van der Waals surface area contributed by atoms with Gasteiger partial charge in [0.05, 0.1) is 25.4 Å². The summed E-state index contributed by atoms with van der Waals surface area (Å²) in [5.74, 6) is -0.373. The van der Waals surface area contributed by atoms with E-state index in [1.165, 1.54) is 36.0 Å². The Kier molecular flexibility index (Phi) is 7.06. The lowest BCUT2D eigenvalue weighted by Crippen LogP contribution is -2.49. The molecular formula is C20H22F3N2O5P. The van der Waals surface area contributed by atoms with Gasteiger partial charge in [0.2, 0.25) is 0 Å². The Labute approximate surface area is 177 Å². The number of carbonyl (C=O) groups is 1. The molecule has 0 fully saturated rings. The minimum absolute atomic E-state index is 0.0103. The van der Waals surface area contributed by atoms with Gasteiger partial charge in [-0.2, -0.15) is 13.2 Å². The number of nitrogens with one attached hydrogen (secondary N) is 1. The van der Waals surface area contributed by atoms with Gasteiger partial charge in [0.25, 0.3) is 5.91 Å². The van der Waals surface area contributed by atoms with Crippen molar-refractivity contribution in [1.29, 1.82) is 0 Å². The Balaban J connectivity index is 2.04. The van der Waals surface area contributed by atoms with Crippen LogP contribution in [0.15, 0.2) is 48.5 Å². The predicted molar refractivity (Wildman–Crippen MR) is 106 cm³/mol. The van der Waals surface area contributed by atoms with Gasteiger partial charge < -0.3 is 9.26 Å². The van der Waals surface area contributed by atoms with Gasteiger partial charge in [0.15, 0.2) is 0 Å². The molecule has 0 radical (unpaired) electrons. The quantitative estimate of drug-likeness (QED) is 0.376. The third-order valence-electron chi connectivity index (χ3n) is 5.03. The molecule has 0 saturated carbocycles. The molecule has 2 N–H and O–H groups in total. The van der Waals surface area contributed by atoms with Crippen molar-refractivity contribution in [3.05, 3.63) is 59.7 Å². The van der Waals surface area contributed by atoms with E-state index in [1.54, 1.807) is 29.7 Å². The lowest BCUT2D eigenvalue weighted by atomic mass is 9.95. The minimum atomic E-state index is -4.50. The fourth-order valence-corrected chi connectivity index (χ4v) is 5.79. The first-order chi connectivity index (χ1) is 14.7. The van der Waals surface area contributed by atoms with E-state index in [2.05, 4.69) is 0 Å². The number of ether oxygens (including phenoxy) is 1. The highest BCUT2D eigenvalue weighted by atomic mass is 31.2. The lowest BCUT2D eigenvalue weighted by molar-refractivity contribution is -0.140. The number of alkyl halides is 3. The largest absolute Gasteiger partial charge is 0.497 e. The molecule has 168 valence electrons. The van der Waals surface area contributed by atoms with Gasteiger partial charge in [-0.1, -0.05) is 24.3 Å². The first-order valence-electron chi connectivity index (χ1n) is 9.42. The summed E-state index contributed by atoms with van der Waals surface area (Å²) < 4.78 is 64.1. The molecule has 1 heterocycles. The number of benzene rings is 2. The van der Waals surface area contributed by atoms with Crippen molar-refractivity contribution < 1.29 is 37.0 Å². The van der Waals surface area contributed by atoms with Crippen LogP contribution in [0.1, 0.15) is 17.5 Å². The van der Waals surface area contributed by atoms with Gasteiger partial charge in [-0.05, 0) is 41.8 Å². The van der Waals surface area contributed by atoms with Crippen LogP contribution in [0.25, 0.3) is 0 Å². The molecule has 7 nitrogen and oxygen atoms in total. The second kappa shape index (κ2) is 9.40. The van der Waals surface area contributed by atoms with Gasteiger partial charge in [0, 0.05) is 6.54 Å². The van der Waals surface area contributed by atoms with Crippen LogP contribution in [0.3, 0.4) is 0 Å². The number of hydrogen-bond acceptors (Lipinski definition) is 5. The van der Waals surface area contributed by atoms with Gasteiger partial charge in [-0.25, -0.2) is 10.2 Å². The molecule has 0 spiro atoms. The number of rotatable bonds is 7. The highest BCUT2D eigenvalue weighted by molar-refractivity contribution is 7.64. The summed E-state index contributed by atoms with van der Waals surface area (Å²) in [5, 5.41) is 9.33. The Hall–Kier alpha value is -2.39. The number of amides is 1. The number of hydroxylamine groups is 1. The molecule has 2 atom stereocenters. The molecule has 2 unspecified atom stereocenters. The number of halogens is 3. The van der Waals surface area contributed by atoms with Crippen molar-refractivity contribution in [3.8, 4) is 5.75 Å². The van der Waals surface area contributed by atoms with Crippen LogP contribution in [0.5, 0.6) is 5.75 Å². The first-order valence-corrected chi connectivity index (χ1v) is 11.0. The fraction of sp³-hybridized carbons (Fsp3) is 0.350. The van der Waals surface area contributed by atoms with Crippen molar-refractivity contribution in [2.24, 2.45) is 0 Å². The third-order valence-corrected chi connectivity index (χ3v) is 7.61. The summed E-state index contributed by atoms with van der Waals surface area (Å²) >= 11 is 0. The standard InChI is InChI=1S/C20H22F3N2O5P/c1-29-16-6-8-17(9-7-16)31(28,30-11-10-20(21,22)23)25-13-15-5-3-2-4-14(15)12-18(25)19(26)24-27/h2-9,18,27H,10-13H2,1H3,(H,24,26). The van der Waals surface area contributed by atoms with E-state index in [0.29, 0.717) is 5.75 Å². The van der Waals surface area contributed by atoms with Crippen molar-refractivity contribution in [2.75, 3.05) is 13.7 Å². The number of fused-ring (bicyclic) bond motifs is 1. The summed E-state index contributed by atoms with van der Waals surface area (Å²) in [6.07, 6.45) is -5.69. The Morgan fingerprint density at radius 3 is 2.42 bits per heavy atom. The summed E-state index contributed by atoms with van der Waals surface area (Å²) in [4.78, 5) is 12.4. The van der Waals surface area contributed by atoms with Gasteiger partial charge in [0.1, 0.15) is 11.8 Å². The summed E-state index contributed by atoms with van der Waals surface area (Å²) in [6.45, 7) is -0.859. The van der Waals surface area contributed by atoms with Gasteiger partial charge in [-0.15, -0.1) is 0 Å². The van der Waals surface area contributed by atoms with Crippen LogP contribution in [0, 0.1) is 0 Å². The fourth-order valence-electron chi connectivity index (χ4n) is 3.44. The zero-order chi connectivity index (χ0) is 22.6. The monoisotopic (exact) mass is 458 g/mol. The van der Waals surface area contributed by atoms with Crippen molar-refractivity contribution in [3.63, 3.8) is 0 Å². The Morgan fingerprint density at radius 2 is 1.84 bits per heavy atom. The number of hydrogen-bond donors (Lipinski definition) is 2. The van der Waals surface area contributed by atoms with E-state index >= 15 is 0 Å². The predicted octanol–water partition coefficient (Wildman–Crippen LogP) is 3.41. The molecule has 1 amide bonds. The van der Waals surface area contributed by atoms with Crippen molar-refractivity contribution >= 4 is 18.7 Å². The summed E-state index contributed by atoms with van der Waals surface area (Å²) in [7, 11) is -2.69. The van der Waals surface area contributed by atoms with Crippen molar-refractivity contribution in [2.45, 2.75) is 31.6 Å². The first kappa shape index (κ1) is 23.3. The van der Waals surface area contributed by atoms with Crippen molar-refractivity contribution in [1.82, 2.24) is 10.2 Å². The topological polar surface area (TPSA) is 88.1 Å². The van der Waals surface area contributed by atoms with E-state index < -0.39 is 38.7 Å². The Morgan fingerprint density at radius 1 is 1.19 bits per heavy atom. The summed E-state index contributed by atoms with van der Waals surface area (Å²) in [5.41, 5.74) is 3.13. The highest BCUT2D eigenvalue weighted by Crippen LogP contribution is 2.54. The van der Waals surface area contributed by atoms with E-state index in [9.17, 15) is 27.7 Å². The Bertz CT molecular complexity index is 968. The van der Waals surface area contributed by atoms with Crippen LogP contribution in [0.4, 0.5) is 13.2 Å². The molecule has 31 heavy (non-hydrogen) atoms. The van der Waals surface area contributed by atoms with Crippen LogP contribution < -0.4 is 15.5 Å². The van der Waals surface area contributed by atoms with Gasteiger partial charge in [-0.3, -0.25) is 14.6 Å². The van der Waals surface area contributed by atoms with Crippen LogP contribution in [-0.2, 0) is 26.8 Å². The highest BCUT2D eigenvalue weighted by Gasteiger charge is 2.45. The zero-order valence-electron chi connectivity index (χ0n) is 16.6. The summed E-state index contributed by atoms with van der Waals surface area (Å²) in [6, 6.07) is 11.9. The molecule has 3 rings (SSSR count). The number of methoxy groups -OCH3 is 1. The number of nitrogens with zero attached hydrogens (tertiary/aromatic N) is 1. The second-order valence-corrected chi connectivity index (χ2v) is 9.31. The van der Waals surface area contributed by atoms with Crippen LogP contribution in [-0.4, -0.2) is 41.7 Å². The number of carbonyl (C=O) groups excluding carboxylic acids is 1. The van der Waals surface area contributed by atoms with Crippen LogP contribution in [0.2, 0.25) is 0 Å².